The van der Waals surface area contributed by atoms with E-state index in [9.17, 15) is 8.42 Å². The van der Waals surface area contributed by atoms with Crippen LogP contribution in [0, 0.1) is 5.92 Å². The van der Waals surface area contributed by atoms with E-state index < -0.39 is 10.0 Å². The molecule has 1 aromatic rings. The van der Waals surface area contributed by atoms with Crippen molar-refractivity contribution in [3.05, 3.63) is 10.7 Å². The van der Waals surface area contributed by atoms with E-state index in [2.05, 4.69) is 16.9 Å². The van der Waals surface area contributed by atoms with E-state index in [0.29, 0.717) is 12.5 Å². The molecule has 108 valence electrons. The van der Waals surface area contributed by atoms with Crippen LogP contribution in [0.5, 0.6) is 0 Å². The Balaban J connectivity index is 2.01. The van der Waals surface area contributed by atoms with E-state index in [-0.39, 0.29) is 8.68 Å². The summed E-state index contributed by atoms with van der Waals surface area (Å²) in [6.07, 6.45) is 3.41. The Morgan fingerprint density at radius 1 is 1.53 bits per heavy atom. The molecule has 1 saturated heterocycles. The molecule has 0 aliphatic carbocycles. The van der Waals surface area contributed by atoms with Crippen molar-refractivity contribution in [3.63, 3.8) is 0 Å². The molecule has 1 fully saturated rings. The van der Waals surface area contributed by atoms with Crippen LogP contribution in [0.15, 0.2) is 10.4 Å². The molecule has 1 aromatic heterocycles. The van der Waals surface area contributed by atoms with E-state index in [1.165, 1.54) is 10.5 Å². The van der Waals surface area contributed by atoms with E-state index in [1.807, 2.05) is 0 Å². The molecular formula is C11H18ClN3O2S2. The van der Waals surface area contributed by atoms with Crippen molar-refractivity contribution in [2.75, 3.05) is 33.7 Å². The summed E-state index contributed by atoms with van der Waals surface area (Å²) in [6, 6.07) is 0. The van der Waals surface area contributed by atoms with Crippen LogP contribution in [-0.2, 0) is 10.0 Å². The molecule has 19 heavy (non-hydrogen) atoms. The lowest BCUT2D eigenvalue weighted by Crippen LogP contribution is -2.37. The molecule has 0 N–H and O–H groups in total. The van der Waals surface area contributed by atoms with Gasteiger partial charge in [0.1, 0.15) is 0 Å². The third-order valence-electron chi connectivity index (χ3n) is 3.47. The SMILES string of the molecule is CN1CCC(CN(C)S(=O)(=O)c2cnc(Cl)s2)CC1. The summed E-state index contributed by atoms with van der Waals surface area (Å²) >= 11 is 6.70. The number of hydrogen-bond donors (Lipinski definition) is 0. The van der Waals surface area contributed by atoms with Gasteiger partial charge >= 0.3 is 0 Å². The van der Waals surface area contributed by atoms with Gasteiger partial charge in [0.25, 0.3) is 10.0 Å². The minimum Gasteiger partial charge on any atom is -0.306 e. The van der Waals surface area contributed by atoms with Crippen molar-refractivity contribution < 1.29 is 8.42 Å². The largest absolute Gasteiger partial charge is 0.306 e. The smallest absolute Gasteiger partial charge is 0.253 e. The van der Waals surface area contributed by atoms with Crippen LogP contribution < -0.4 is 0 Å². The Kier molecular flexibility index (Phi) is 4.84. The van der Waals surface area contributed by atoms with Gasteiger partial charge < -0.3 is 4.90 Å². The number of halogens is 1. The standard InChI is InChI=1S/C11H18ClN3O2S2/c1-14-5-3-9(4-6-14)8-15(2)19(16,17)10-7-13-11(12)18-10/h7,9H,3-6,8H2,1-2H3. The van der Waals surface area contributed by atoms with Crippen LogP contribution in [0.2, 0.25) is 4.47 Å². The first-order valence-electron chi connectivity index (χ1n) is 6.16. The molecule has 8 heteroatoms. The molecule has 0 saturated carbocycles. The van der Waals surface area contributed by atoms with Gasteiger partial charge in [0.2, 0.25) is 0 Å². The summed E-state index contributed by atoms with van der Waals surface area (Å²) in [4.78, 5) is 6.07. The Bertz CT molecular complexity index is 524. The zero-order valence-corrected chi connectivity index (χ0v) is 13.4. The molecule has 0 aromatic carbocycles. The van der Waals surface area contributed by atoms with E-state index in [0.717, 1.165) is 37.3 Å². The van der Waals surface area contributed by atoms with Crippen molar-refractivity contribution >= 4 is 33.0 Å². The van der Waals surface area contributed by atoms with E-state index in [1.54, 1.807) is 7.05 Å². The molecule has 0 atom stereocenters. The first kappa shape index (κ1) is 15.2. The topological polar surface area (TPSA) is 53.5 Å². The monoisotopic (exact) mass is 323 g/mol. The molecule has 2 heterocycles. The van der Waals surface area contributed by atoms with Crippen LogP contribution in [0.3, 0.4) is 0 Å². The van der Waals surface area contributed by atoms with Gasteiger partial charge in [-0.05, 0) is 38.9 Å². The Morgan fingerprint density at radius 3 is 2.68 bits per heavy atom. The van der Waals surface area contributed by atoms with Crippen molar-refractivity contribution in [2.45, 2.75) is 17.1 Å². The fraction of sp³-hybridized carbons (Fsp3) is 0.727. The van der Waals surface area contributed by atoms with Gasteiger partial charge in [-0.25, -0.2) is 13.4 Å². The number of sulfonamides is 1. The predicted molar refractivity (Wildman–Crippen MR) is 77.2 cm³/mol. The van der Waals surface area contributed by atoms with Gasteiger partial charge in [-0.2, -0.15) is 4.31 Å². The highest BCUT2D eigenvalue weighted by Crippen LogP contribution is 2.26. The number of hydrogen-bond acceptors (Lipinski definition) is 5. The summed E-state index contributed by atoms with van der Waals surface area (Å²) in [6.45, 7) is 2.63. The molecule has 0 spiro atoms. The van der Waals surface area contributed by atoms with Crippen LogP contribution in [0.1, 0.15) is 12.8 Å². The summed E-state index contributed by atoms with van der Waals surface area (Å²) in [5.74, 6) is 0.430. The highest BCUT2D eigenvalue weighted by atomic mass is 35.5. The first-order chi connectivity index (χ1) is 8.89. The zero-order chi connectivity index (χ0) is 14.0. The number of piperidine rings is 1. The van der Waals surface area contributed by atoms with E-state index >= 15 is 0 Å². The Morgan fingerprint density at radius 2 is 2.16 bits per heavy atom. The summed E-state index contributed by atoms with van der Waals surface area (Å²) in [7, 11) is 0.280. The van der Waals surface area contributed by atoms with Crippen LogP contribution in [0.25, 0.3) is 0 Å². The lowest BCUT2D eigenvalue weighted by atomic mass is 9.97. The molecule has 2 rings (SSSR count). The van der Waals surface area contributed by atoms with E-state index in [4.69, 9.17) is 11.6 Å². The second kappa shape index (κ2) is 6.05. The quantitative estimate of drug-likeness (QED) is 0.847. The number of nitrogens with zero attached hydrogens (tertiary/aromatic N) is 3. The second-order valence-corrected chi connectivity index (χ2v) is 8.85. The van der Waals surface area contributed by atoms with Crippen LogP contribution in [0.4, 0.5) is 0 Å². The first-order valence-corrected chi connectivity index (χ1v) is 8.79. The lowest BCUT2D eigenvalue weighted by Gasteiger charge is -2.31. The normalized spacial score (nSPS) is 19.2. The highest BCUT2D eigenvalue weighted by molar-refractivity contribution is 7.91. The van der Waals surface area contributed by atoms with Gasteiger partial charge in [0, 0.05) is 13.6 Å². The van der Waals surface area contributed by atoms with Gasteiger partial charge in [-0.15, -0.1) is 0 Å². The zero-order valence-electron chi connectivity index (χ0n) is 11.0. The molecule has 5 nitrogen and oxygen atoms in total. The molecule has 0 amide bonds. The second-order valence-electron chi connectivity index (χ2n) is 4.96. The molecule has 0 unspecified atom stereocenters. The number of rotatable bonds is 4. The van der Waals surface area contributed by atoms with Crippen LogP contribution in [-0.4, -0.2) is 56.3 Å². The fourth-order valence-electron chi connectivity index (χ4n) is 2.22. The average molecular weight is 324 g/mol. The molecular weight excluding hydrogens is 306 g/mol. The van der Waals surface area contributed by atoms with Gasteiger partial charge in [-0.1, -0.05) is 22.9 Å². The van der Waals surface area contributed by atoms with Crippen molar-refractivity contribution in [1.82, 2.24) is 14.2 Å². The summed E-state index contributed by atoms with van der Waals surface area (Å²) in [5, 5.41) is 0. The molecule has 1 aliphatic heterocycles. The van der Waals surface area contributed by atoms with Crippen molar-refractivity contribution in [1.29, 1.82) is 0 Å². The van der Waals surface area contributed by atoms with Crippen LogP contribution >= 0.6 is 22.9 Å². The molecule has 0 radical (unpaired) electrons. The summed E-state index contributed by atoms with van der Waals surface area (Å²) in [5.41, 5.74) is 0. The third-order valence-corrected chi connectivity index (χ3v) is 6.85. The van der Waals surface area contributed by atoms with Gasteiger partial charge in [0.05, 0.1) is 6.20 Å². The molecule has 1 aliphatic rings. The Labute approximate surface area is 123 Å². The highest BCUT2D eigenvalue weighted by Gasteiger charge is 2.27. The molecule has 0 bridgehead atoms. The lowest BCUT2D eigenvalue weighted by molar-refractivity contribution is 0.202. The van der Waals surface area contributed by atoms with Gasteiger partial charge in [0.15, 0.2) is 8.68 Å². The predicted octanol–water partition coefficient (Wildman–Crippen LogP) is 1.76. The minimum absolute atomic E-state index is 0.216. The number of aromatic nitrogens is 1. The minimum atomic E-state index is -3.44. The maximum atomic E-state index is 12.3. The number of thiazole rings is 1. The average Bonchev–Trinajstić information content (AvgIpc) is 2.79. The maximum Gasteiger partial charge on any atom is 0.253 e. The summed E-state index contributed by atoms with van der Waals surface area (Å²) < 4.78 is 26.5. The van der Waals surface area contributed by atoms with Gasteiger partial charge in [-0.3, -0.25) is 0 Å². The third kappa shape index (κ3) is 3.66. The van der Waals surface area contributed by atoms with Crippen molar-refractivity contribution in [2.24, 2.45) is 5.92 Å². The maximum absolute atomic E-state index is 12.3. The van der Waals surface area contributed by atoms with Crippen molar-refractivity contribution in [3.8, 4) is 0 Å². The Hall–Kier alpha value is -0.210. The fourth-order valence-corrected chi connectivity index (χ4v) is 4.97. The number of likely N-dealkylation sites (tertiary alicyclic amines) is 1.